The molecular formula is C8H11N5S. The molecule has 2 aromatic heterocycles. The standard InChI is InChI=1S/C8H11N5S/c1-13-11-3-6(12-13)2-7(9)8-4-10-5-14-8/h3-5,7H,2,9H2,1H3. The minimum absolute atomic E-state index is 0.0285. The molecular weight excluding hydrogens is 198 g/mol. The predicted octanol–water partition coefficient (Wildman–Crippen LogP) is 0.514. The molecule has 0 amide bonds. The Labute approximate surface area is 85.6 Å². The van der Waals surface area contributed by atoms with Crippen LogP contribution in [-0.2, 0) is 13.5 Å². The summed E-state index contributed by atoms with van der Waals surface area (Å²) in [5, 5.41) is 8.16. The topological polar surface area (TPSA) is 69.6 Å². The molecule has 0 radical (unpaired) electrons. The van der Waals surface area contributed by atoms with E-state index in [1.54, 1.807) is 36.3 Å². The molecule has 2 rings (SSSR count). The minimum Gasteiger partial charge on any atom is -0.323 e. The summed E-state index contributed by atoms with van der Waals surface area (Å²) in [6.45, 7) is 0. The molecule has 74 valence electrons. The molecule has 0 spiro atoms. The van der Waals surface area contributed by atoms with Crippen LogP contribution in [0.15, 0.2) is 17.9 Å². The van der Waals surface area contributed by atoms with Crippen molar-refractivity contribution in [3.05, 3.63) is 28.5 Å². The Balaban J connectivity index is 2.05. The zero-order valence-electron chi connectivity index (χ0n) is 7.79. The molecule has 2 aromatic rings. The third kappa shape index (κ3) is 1.97. The number of aryl methyl sites for hydroxylation is 1. The van der Waals surface area contributed by atoms with Gasteiger partial charge >= 0.3 is 0 Å². The van der Waals surface area contributed by atoms with Gasteiger partial charge in [-0.3, -0.25) is 4.98 Å². The van der Waals surface area contributed by atoms with E-state index < -0.39 is 0 Å². The van der Waals surface area contributed by atoms with Gasteiger partial charge < -0.3 is 5.73 Å². The number of rotatable bonds is 3. The van der Waals surface area contributed by atoms with Crippen molar-refractivity contribution in [2.24, 2.45) is 12.8 Å². The number of nitrogens with two attached hydrogens (primary N) is 1. The average molecular weight is 209 g/mol. The molecule has 1 atom stereocenters. The highest BCUT2D eigenvalue weighted by Gasteiger charge is 2.10. The van der Waals surface area contributed by atoms with Crippen LogP contribution in [0.25, 0.3) is 0 Å². The molecule has 2 heterocycles. The monoisotopic (exact) mass is 209 g/mol. The number of nitrogens with zero attached hydrogens (tertiary/aromatic N) is 4. The van der Waals surface area contributed by atoms with Gasteiger partial charge in [-0.25, -0.2) is 0 Å². The van der Waals surface area contributed by atoms with Crippen molar-refractivity contribution in [3.63, 3.8) is 0 Å². The van der Waals surface area contributed by atoms with E-state index in [0.29, 0.717) is 6.42 Å². The third-order valence-electron chi connectivity index (χ3n) is 1.89. The summed E-state index contributed by atoms with van der Waals surface area (Å²) in [6.07, 6.45) is 4.24. The van der Waals surface area contributed by atoms with E-state index in [2.05, 4.69) is 15.2 Å². The summed E-state index contributed by atoms with van der Waals surface area (Å²) in [7, 11) is 1.79. The van der Waals surface area contributed by atoms with Crippen LogP contribution >= 0.6 is 11.3 Å². The summed E-state index contributed by atoms with van der Waals surface area (Å²) in [4.78, 5) is 6.60. The van der Waals surface area contributed by atoms with Crippen LogP contribution in [0.4, 0.5) is 0 Å². The third-order valence-corrected chi connectivity index (χ3v) is 2.80. The summed E-state index contributed by atoms with van der Waals surface area (Å²) in [6, 6.07) is -0.0285. The van der Waals surface area contributed by atoms with E-state index >= 15 is 0 Å². The van der Waals surface area contributed by atoms with E-state index in [0.717, 1.165) is 10.6 Å². The Morgan fingerprint density at radius 3 is 3.00 bits per heavy atom. The molecule has 0 saturated carbocycles. The van der Waals surface area contributed by atoms with Crippen LogP contribution in [0, 0.1) is 0 Å². The highest BCUT2D eigenvalue weighted by Crippen LogP contribution is 2.17. The van der Waals surface area contributed by atoms with Crippen LogP contribution in [0.5, 0.6) is 0 Å². The Morgan fingerprint density at radius 2 is 2.43 bits per heavy atom. The molecule has 6 heteroatoms. The van der Waals surface area contributed by atoms with Crippen molar-refractivity contribution in [1.82, 2.24) is 20.0 Å². The Hall–Kier alpha value is -1.27. The molecule has 1 unspecified atom stereocenters. The van der Waals surface area contributed by atoms with Gasteiger partial charge in [0.05, 0.1) is 17.4 Å². The van der Waals surface area contributed by atoms with Crippen molar-refractivity contribution in [2.45, 2.75) is 12.5 Å². The van der Waals surface area contributed by atoms with Gasteiger partial charge in [-0.15, -0.1) is 11.3 Å². The van der Waals surface area contributed by atoms with E-state index in [9.17, 15) is 0 Å². The minimum atomic E-state index is -0.0285. The van der Waals surface area contributed by atoms with E-state index in [1.807, 2.05) is 0 Å². The van der Waals surface area contributed by atoms with Gasteiger partial charge in [-0.05, 0) is 0 Å². The van der Waals surface area contributed by atoms with E-state index in [1.165, 1.54) is 4.80 Å². The fraction of sp³-hybridized carbons (Fsp3) is 0.375. The van der Waals surface area contributed by atoms with E-state index in [-0.39, 0.29) is 6.04 Å². The highest BCUT2D eigenvalue weighted by molar-refractivity contribution is 7.09. The van der Waals surface area contributed by atoms with Gasteiger partial charge in [0.25, 0.3) is 0 Å². The predicted molar refractivity (Wildman–Crippen MR) is 53.7 cm³/mol. The fourth-order valence-electron chi connectivity index (χ4n) is 1.22. The maximum Gasteiger partial charge on any atom is 0.0846 e. The molecule has 0 fully saturated rings. The van der Waals surface area contributed by atoms with Gasteiger partial charge in [0.15, 0.2) is 0 Å². The van der Waals surface area contributed by atoms with Crippen LogP contribution in [-0.4, -0.2) is 20.0 Å². The van der Waals surface area contributed by atoms with Gasteiger partial charge in [0.1, 0.15) is 0 Å². The quantitative estimate of drug-likeness (QED) is 0.799. The first kappa shape index (κ1) is 9.29. The Morgan fingerprint density at radius 1 is 1.57 bits per heavy atom. The highest BCUT2D eigenvalue weighted by atomic mass is 32.1. The molecule has 0 aliphatic carbocycles. The molecule has 0 aromatic carbocycles. The smallest absolute Gasteiger partial charge is 0.0846 e. The van der Waals surface area contributed by atoms with Crippen molar-refractivity contribution < 1.29 is 0 Å². The number of aromatic nitrogens is 4. The Kier molecular flexibility index (Phi) is 2.55. The van der Waals surface area contributed by atoms with Crippen LogP contribution in [0.3, 0.4) is 0 Å². The van der Waals surface area contributed by atoms with Crippen molar-refractivity contribution in [1.29, 1.82) is 0 Å². The Bertz CT molecular complexity index is 394. The first-order chi connectivity index (χ1) is 6.75. The fourth-order valence-corrected chi connectivity index (χ4v) is 1.84. The van der Waals surface area contributed by atoms with Gasteiger partial charge in [0.2, 0.25) is 0 Å². The van der Waals surface area contributed by atoms with Gasteiger partial charge in [-0.2, -0.15) is 15.0 Å². The van der Waals surface area contributed by atoms with Gasteiger partial charge in [-0.1, -0.05) is 0 Å². The maximum absolute atomic E-state index is 5.97. The molecule has 0 saturated heterocycles. The average Bonchev–Trinajstić information content (AvgIpc) is 2.75. The zero-order chi connectivity index (χ0) is 9.97. The van der Waals surface area contributed by atoms with Gasteiger partial charge in [0, 0.05) is 30.6 Å². The normalized spacial score (nSPS) is 13.0. The summed E-state index contributed by atoms with van der Waals surface area (Å²) in [5.41, 5.74) is 8.67. The van der Waals surface area contributed by atoms with Crippen LogP contribution in [0.2, 0.25) is 0 Å². The second-order valence-electron chi connectivity index (χ2n) is 3.04. The lowest BCUT2D eigenvalue weighted by Gasteiger charge is -2.05. The number of hydrogen-bond donors (Lipinski definition) is 1. The number of hydrogen-bond acceptors (Lipinski definition) is 5. The second-order valence-corrected chi connectivity index (χ2v) is 3.96. The van der Waals surface area contributed by atoms with Crippen LogP contribution in [0.1, 0.15) is 16.6 Å². The van der Waals surface area contributed by atoms with Crippen LogP contribution < -0.4 is 5.73 Å². The first-order valence-electron chi connectivity index (χ1n) is 4.25. The lowest BCUT2D eigenvalue weighted by Crippen LogP contribution is -2.12. The van der Waals surface area contributed by atoms with Crippen molar-refractivity contribution >= 4 is 11.3 Å². The molecule has 0 aliphatic rings. The lowest BCUT2D eigenvalue weighted by atomic mass is 10.1. The first-order valence-corrected chi connectivity index (χ1v) is 5.13. The van der Waals surface area contributed by atoms with Crippen molar-refractivity contribution in [3.8, 4) is 0 Å². The lowest BCUT2D eigenvalue weighted by molar-refractivity contribution is 0.632. The largest absolute Gasteiger partial charge is 0.323 e. The molecule has 0 aliphatic heterocycles. The summed E-state index contributed by atoms with van der Waals surface area (Å²) >= 11 is 1.57. The molecule has 14 heavy (non-hydrogen) atoms. The zero-order valence-corrected chi connectivity index (χ0v) is 8.61. The summed E-state index contributed by atoms with van der Waals surface area (Å²) in [5.74, 6) is 0. The molecule has 5 nitrogen and oxygen atoms in total. The molecule has 0 bridgehead atoms. The maximum atomic E-state index is 5.97. The second kappa shape index (κ2) is 3.85. The van der Waals surface area contributed by atoms with Crippen molar-refractivity contribution in [2.75, 3.05) is 0 Å². The number of thiazole rings is 1. The SMILES string of the molecule is Cn1ncc(CC(N)c2cncs2)n1. The molecule has 2 N–H and O–H groups in total. The summed E-state index contributed by atoms with van der Waals surface area (Å²) < 4.78 is 0. The van der Waals surface area contributed by atoms with E-state index in [4.69, 9.17) is 5.73 Å².